The molecule has 0 radical (unpaired) electrons. The fourth-order valence-electron chi connectivity index (χ4n) is 1.03. The highest BCUT2D eigenvalue weighted by atomic mass is 32.2. The molecule has 0 N–H and O–H groups in total. The van der Waals surface area contributed by atoms with Crippen LogP contribution >= 0.6 is 0 Å². The second-order valence-corrected chi connectivity index (χ2v) is 6.66. The van der Waals surface area contributed by atoms with Gasteiger partial charge in [-0.05, 0) is 29.2 Å². The third kappa shape index (κ3) is 5.93. The largest absolute Gasteiger partial charge is 0.290 e. The van der Waals surface area contributed by atoms with Gasteiger partial charge in [-0.3, -0.25) is 4.18 Å². The third-order valence-corrected chi connectivity index (χ3v) is 2.87. The maximum absolute atomic E-state index is 12.6. The van der Waals surface area contributed by atoms with Crippen molar-refractivity contribution in [3.8, 4) is 0 Å². The normalized spacial score (nSPS) is 13.1. The van der Waals surface area contributed by atoms with E-state index in [-0.39, 0.29) is 17.8 Å². The lowest BCUT2D eigenvalue weighted by Crippen LogP contribution is -2.17. The molecule has 0 bridgehead atoms. The van der Waals surface area contributed by atoms with Crippen molar-refractivity contribution in [1.29, 1.82) is 0 Å². The first kappa shape index (κ1) is 14.9. The molecule has 0 aromatic heterocycles. The second kappa shape index (κ2) is 5.63. The van der Waals surface area contributed by atoms with Gasteiger partial charge in [0.05, 0.1) is 12.0 Å². The quantitative estimate of drug-likeness (QED) is 0.791. The fraction of sp³-hybridized carbons (Fsp3) is 0.385. The fourth-order valence-corrected chi connectivity index (χ4v) is 1.95. The van der Waals surface area contributed by atoms with Crippen molar-refractivity contribution in [3.05, 3.63) is 41.1 Å². The van der Waals surface area contributed by atoms with Crippen LogP contribution in [0.15, 0.2) is 29.7 Å². The lowest BCUT2D eigenvalue weighted by Gasteiger charge is -2.16. The molecule has 0 aliphatic heterocycles. The molecule has 0 saturated heterocycles. The number of hydrogen-bond acceptors (Lipinski definition) is 3. The monoisotopic (exact) mass is 272 g/mol. The van der Waals surface area contributed by atoms with E-state index >= 15 is 0 Å². The zero-order chi connectivity index (χ0) is 13.8. The maximum Gasteiger partial charge on any atom is 0.290 e. The van der Waals surface area contributed by atoms with Crippen molar-refractivity contribution in [1.82, 2.24) is 0 Å². The predicted octanol–water partition coefficient (Wildman–Crippen LogP) is 3.19. The Labute approximate surface area is 107 Å². The van der Waals surface area contributed by atoms with Crippen molar-refractivity contribution in [2.45, 2.75) is 20.8 Å². The second-order valence-electron chi connectivity index (χ2n) is 5.17. The Morgan fingerprint density at radius 3 is 2.28 bits per heavy atom. The van der Waals surface area contributed by atoms with E-state index in [0.29, 0.717) is 5.56 Å². The smallest absolute Gasteiger partial charge is 0.266 e. The predicted molar refractivity (Wildman–Crippen MR) is 69.8 cm³/mol. The van der Waals surface area contributed by atoms with Gasteiger partial charge in [0.1, 0.15) is 5.82 Å². The molecule has 0 saturated carbocycles. The Bertz CT molecular complexity index is 510. The van der Waals surface area contributed by atoms with Gasteiger partial charge < -0.3 is 0 Å². The number of rotatable bonds is 4. The van der Waals surface area contributed by atoms with E-state index in [2.05, 4.69) is 0 Å². The molecule has 1 aromatic rings. The van der Waals surface area contributed by atoms with Crippen LogP contribution in [0, 0.1) is 11.2 Å². The first-order valence-electron chi connectivity index (χ1n) is 5.51. The van der Waals surface area contributed by atoms with Crippen LogP contribution in [0.25, 0.3) is 6.08 Å². The molecule has 0 amide bonds. The van der Waals surface area contributed by atoms with Crippen LogP contribution in [0.2, 0.25) is 0 Å². The van der Waals surface area contributed by atoms with E-state index < -0.39 is 10.1 Å². The molecule has 0 atom stereocenters. The minimum Gasteiger partial charge on any atom is -0.266 e. The number of hydrogen-bond donors (Lipinski definition) is 0. The first-order chi connectivity index (χ1) is 8.18. The third-order valence-electron chi connectivity index (χ3n) is 1.95. The lowest BCUT2D eigenvalue weighted by atomic mass is 9.99. The minimum absolute atomic E-state index is 0.114. The van der Waals surface area contributed by atoms with Crippen molar-refractivity contribution in [3.63, 3.8) is 0 Å². The van der Waals surface area contributed by atoms with Crippen LogP contribution < -0.4 is 0 Å². The Hall–Kier alpha value is -1.20. The lowest BCUT2D eigenvalue weighted by molar-refractivity contribution is 0.206. The molecular formula is C13H17FO3S. The van der Waals surface area contributed by atoms with Crippen LogP contribution in [0.5, 0.6) is 0 Å². The van der Waals surface area contributed by atoms with E-state index in [1.807, 2.05) is 20.8 Å². The molecule has 0 aliphatic rings. The zero-order valence-corrected chi connectivity index (χ0v) is 11.5. The summed E-state index contributed by atoms with van der Waals surface area (Å²) in [7, 11) is -3.70. The van der Waals surface area contributed by atoms with Gasteiger partial charge in [-0.1, -0.05) is 32.9 Å². The molecule has 18 heavy (non-hydrogen) atoms. The average Bonchev–Trinajstić information content (AvgIpc) is 2.25. The number of halogens is 1. The van der Waals surface area contributed by atoms with E-state index in [0.717, 1.165) is 5.41 Å². The maximum atomic E-state index is 12.6. The topological polar surface area (TPSA) is 43.4 Å². The highest BCUT2D eigenvalue weighted by molar-refractivity contribution is 7.89. The molecule has 0 spiro atoms. The van der Waals surface area contributed by atoms with Crippen LogP contribution in [-0.2, 0) is 14.3 Å². The van der Waals surface area contributed by atoms with Crippen molar-refractivity contribution in [2.24, 2.45) is 5.41 Å². The van der Waals surface area contributed by atoms with Crippen LogP contribution in [0.3, 0.4) is 0 Å². The summed E-state index contributed by atoms with van der Waals surface area (Å²) < 4.78 is 40.6. The van der Waals surface area contributed by atoms with E-state index in [9.17, 15) is 12.8 Å². The van der Waals surface area contributed by atoms with Gasteiger partial charge in [-0.15, -0.1) is 0 Å². The molecule has 0 fully saturated rings. The van der Waals surface area contributed by atoms with Gasteiger partial charge >= 0.3 is 0 Å². The first-order valence-corrected chi connectivity index (χ1v) is 6.98. The summed E-state index contributed by atoms with van der Waals surface area (Å²) in [6, 6.07) is 5.51. The van der Waals surface area contributed by atoms with E-state index in [1.54, 1.807) is 0 Å². The molecule has 5 heteroatoms. The highest BCUT2D eigenvalue weighted by Crippen LogP contribution is 2.15. The van der Waals surface area contributed by atoms with Crippen LogP contribution in [0.1, 0.15) is 26.3 Å². The van der Waals surface area contributed by atoms with Gasteiger partial charge in [0.2, 0.25) is 0 Å². The van der Waals surface area contributed by atoms with Crippen LogP contribution in [0.4, 0.5) is 4.39 Å². The summed E-state index contributed by atoms with van der Waals surface area (Å²) in [6.45, 7) is 5.76. The standard InChI is InChI=1S/C13H17FO3S/c1-13(2,3)10-17-18(15,16)9-8-11-4-6-12(14)7-5-11/h4-9H,10H2,1-3H3/b9-8+. The van der Waals surface area contributed by atoms with E-state index in [4.69, 9.17) is 4.18 Å². The van der Waals surface area contributed by atoms with Gasteiger partial charge in [0.15, 0.2) is 0 Å². The molecule has 0 aliphatic carbocycles. The summed E-state index contributed by atoms with van der Waals surface area (Å²) in [5, 5.41) is 0.978. The Morgan fingerprint density at radius 1 is 1.22 bits per heavy atom. The molecule has 0 unspecified atom stereocenters. The molecule has 1 rings (SSSR count). The highest BCUT2D eigenvalue weighted by Gasteiger charge is 2.15. The SMILES string of the molecule is CC(C)(C)COS(=O)(=O)/C=C/c1ccc(F)cc1. The molecule has 100 valence electrons. The van der Waals surface area contributed by atoms with Crippen molar-refractivity contribution >= 4 is 16.2 Å². The van der Waals surface area contributed by atoms with Gasteiger partial charge in [-0.25, -0.2) is 4.39 Å². The summed E-state index contributed by atoms with van der Waals surface area (Å²) in [5.74, 6) is -0.362. The Balaban J connectivity index is 2.68. The van der Waals surface area contributed by atoms with Crippen molar-refractivity contribution < 1.29 is 17.0 Å². The Kier molecular flexibility index (Phi) is 4.65. The van der Waals surface area contributed by atoms with Gasteiger partial charge in [0.25, 0.3) is 10.1 Å². The number of benzene rings is 1. The Morgan fingerprint density at radius 2 is 1.78 bits per heavy atom. The average molecular weight is 272 g/mol. The molecule has 3 nitrogen and oxygen atoms in total. The summed E-state index contributed by atoms with van der Waals surface area (Å²) in [5.41, 5.74) is 0.371. The summed E-state index contributed by atoms with van der Waals surface area (Å²) in [4.78, 5) is 0. The summed E-state index contributed by atoms with van der Waals surface area (Å²) >= 11 is 0. The molecular weight excluding hydrogens is 255 g/mol. The van der Waals surface area contributed by atoms with Crippen molar-refractivity contribution in [2.75, 3.05) is 6.61 Å². The van der Waals surface area contributed by atoms with Crippen LogP contribution in [-0.4, -0.2) is 15.0 Å². The van der Waals surface area contributed by atoms with E-state index in [1.165, 1.54) is 30.3 Å². The van der Waals surface area contributed by atoms with Gasteiger partial charge in [-0.2, -0.15) is 8.42 Å². The summed E-state index contributed by atoms with van der Waals surface area (Å²) in [6.07, 6.45) is 1.37. The molecule has 1 aromatic carbocycles. The van der Waals surface area contributed by atoms with Gasteiger partial charge in [0, 0.05) is 0 Å². The minimum atomic E-state index is -3.70. The zero-order valence-electron chi connectivity index (χ0n) is 10.7. The molecule has 0 heterocycles.